The van der Waals surface area contributed by atoms with Crippen molar-refractivity contribution in [2.45, 2.75) is 32.2 Å². The molecule has 102 valence electrons. The standard InChI is InChI=1S/C15H20N2O2/c1-10(2)14-6-4-12(8-16-14)15(19)17-13-5-3-11(7-13)9-18/h3-6,8,10-11,13,18H,7,9H2,1-2H3,(H,17,19)/t11-,13+/m0/s1. The second-order valence-electron chi connectivity index (χ2n) is 5.27. The molecule has 4 nitrogen and oxygen atoms in total. The third kappa shape index (κ3) is 3.41. The second kappa shape index (κ2) is 5.97. The normalized spacial score (nSPS) is 21.9. The lowest BCUT2D eigenvalue weighted by molar-refractivity contribution is 0.0940. The zero-order valence-corrected chi connectivity index (χ0v) is 11.3. The van der Waals surface area contributed by atoms with Crippen LogP contribution < -0.4 is 5.32 Å². The summed E-state index contributed by atoms with van der Waals surface area (Å²) in [6, 6.07) is 3.70. The number of hydrogen-bond acceptors (Lipinski definition) is 3. The predicted octanol–water partition coefficient (Wildman–Crippen LogP) is 1.87. The molecule has 1 aromatic heterocycles. The Morgan fingerprint density at radius 3 is 2.79 bits per heavy atom. The first kappa shape index (κ1) is 13.7. The van der Waals surface area contributed by atoms with Gasteiger partial charge in [-0.3, -0.25) is 9.78 Å². The fourth-order valence-corrected chi connectivity index (χ4v) is 2.15. The molecule has 1 aliphatic rings. The van der Waals surface area contributed by atoms with E-state index in [2.05, 4.69) is 24.1 Å². The van der Waals surface area contributed by atoms with Crippen LogP contribution in [0.4, 0.5) is 0 Å². The van der Waals surface area contributed by atoms with Crippen LogP contribution in [0, 0.1) is 5.92 Å². The van der Waals surface area contributed by atoms with Crippen molar-refractivity contribution in [1.29, 1.82) is 0 Å². The number of nitrogens with zero attached hydrogens (tertiary/aromatic N) is 1. The van der Waals surface area contributed by atoms with E-state index in [1.54, 1.807) is 12.3 Å². The van der Waals surface area contributed by atoms with Gasteiger partial charge < -0.3 is 10.4 Å². The Morgan fingerprint density at radius 2 is 2.26 bits per heavy atom. The zero-order chi connectivity index (χ0) is 13.8. The maximum atomic E-state index is 12.0. The van der Waals surface area contributed by atoms with Crippen molar-refractivity contribution in [3.8, 4) is 0 Å². The van der Waals surface area contributed by atoms with Crippen molar-refractivity contribution in [3.63, 3.8) is 0 Å². The van der Waals surface area contributed by atoms with Gasteiger partial charge in [0.15, 0.2) is 0 Å². The van der Waals surface area contributed by atoms with Crippen molar-refractivity contribution in [2.75, 3.05) is 6.61 Å². The molecule has 1 aliphatic carbocycles. The number of aliphatic hydroxyl groups excluding tert-OH is 1. The molecule has 1 aromatic rings. The van der Waals surface area contributed by atoms with Gasteiger partial charge in [0.2, 0.25) is 0 Å². The van der Waals surface area contributed by atoms with E-state index in [0.717, 1.165) is 12.1 Å². The van der Waals surface area contributed by atoms with Gasteiger partial charge in [-0.1, -0.05) is 26.0 Å². The van der Waals surface area contributed by atoms with Crippen LogP contribution in [0.2, 0.25) is 0 Å². The van der Waals surface area contributed by atoms with E-state index in [1.807, 2.05) is 18.2 Å². The van der Waals surface area contributed by atoms with Crippen molar-refractivity contribution in [1.82, 2.24) is 10.3 Å². The lowest BCUT2D eigenvalue weighted by atomic mass is 10.1. The summed E-state index contributed by atoms with van der Waals surface area (Å²) in [5.74, 6) is 0.406. The minimum absolute atomic E-state index is 0.00873. The van der Waals surface area contributed by atoms with Crippen molar-refractivity contribution in [2.24, 2.45) is 5.92 Å². The predicted molar refractivity (Wildman–Crippen MR) is 73.9 cm³/mol. The Hall–Kier alpha value is -1.68. The van der Waals surface area contributed by atoms with Crippen LogP contribution in [0.15, 0.2) is 30.5 Å². The smallest absolute Gasteiger partial charge is 0.253 e. The molecule has 0 radical (unpaired) electrons. The van der Waals surface area contributed by atoms with Gasteiger partial charge in [-0.05, 0) is 24.5 Å². The number of aromatic nitrogens is 1. The maximum Gasteiger partial charge on any atom is 0.253 e. The van der Waals surface area contributed by atoms with E-state index >= 15 is 0 Å². The van der Waals surface area contributed by atoms with Crippen LogP contribution in [0.1, 0.15) is 42.2 Å². The summed E-state index contributed by atoms with van der Waals surface area (Å²) in [5.41, 5.74) is 1.56. The molecule has 2 rings (SSSR count). The first-order chi connectivity index (χ1) is 9.10. The largest absolute Gasteiger partial charge is 0.396 e. The minimum atomic E-state index is -0.115. The van der Waals surface area contributed by atoms with E-state index in [1.165, 1.54) is 0 Å². The SMILES string of the molecule is CC(C)c1ccc(C(=O)N[C@@H]2C=C[C@H](CO)C2)cn1. The molecule has 4 heteroatoms. The molecule has 0 fully saturated rings. The number of carbonyl (C=O) groups is 1. The Morgan fingerprint density at radius 1 is 1.47 bits per heavy atom. The highest BCUT2D eigenvalue weighted by Crippen LogP contribution is 2.17. The topological polar surface area (TPSA) is 62.2 Å². The Kier molecular flexibility index (Phi) is 4.32. The molecule has 2 N–H and O–H groups in total. The summed E-state index contributed by atoms with van der Waals surface area (Å²) in [6.45, 7) is 4.27. The molecular weight excluding hydrogens is 240 g/mol. The molecule has 2 atom stereocenters. The third-order valence-corrected chi connectivity index (χ3v) is 3.36. The van der Waals surface area contributed by atoms with Crippen LogP contribution in [-0.2, 0) is 0 Å². The number of hydrogen-bond donors (Lipinski definition) is 2. The minimum Gasteiger partial charge on any atom is -0.396 e. The van der Waals surface area contributed by atoms with Gasteiger partial charge in [-0.15, -0.1) is 0 Å². The summed E-state index contributed by atoms with van der Waals surface area (Å²) in [7, 11) is 0. The molecule has 1 amide bonds. The Labute approximate surface area is 113 Å². The quantitative estimate of drug-likeness (QED) is 0.812. The summed E-state index contributed by atoms with van der Waals surface area (Å²) in [5, 5.41) is 12.0. The van der Waals surface area contributed by atoms with Gasteiger partial charge in [0.1, 0.15) is 0 Å². The average Bonchev–Trinajstić information content (AvgIpc) is 2.86. The lowest BCUT2D eigenvalue weighted by Gasteiger charge is -2.13. The van der Waals surface area contributed by atoms with Crippen molar-refractivity contribution < 1.29 is 9.90 Å². The first-order valence-corrected chi connectivity index (χ1v) is 6.66. The van der Waals surface area contributed by atoms with Crippen LogP contribution in [0.3, 0.4) is 0 Å². The van der Waals surface area contributed by atoms with Crippen molar-refractivity contribution >= 4 is 5.91 Å². The molecule has 0 unspecified atom stereocenters. The molecule has 0 aliphatic heterocycles. The van der Waals surface area contributed by atoms with Gasteiger partial charge in [0.05, 0.1) is 5.56 Å². The second-order valence-corrected chi connectivity index (χ2v) is 5.27. The van der Waals surface area contributed by atoms with Crippen molar-refractivity contribution in [3.05, 3.63) is 41.7 Å². The molecule has 0 aromatic carbocycles. The average molecular weight is 260 g/mol. The monoisotopic (exact) mass is 260 g/mol. The van der Waals surface area contributed by atoms with Gasteiger partial charge in [0.25, 0.3) is 5.91 Å². The fraction of sp³-hybridized carbons (Fsp3) is 0.467. The molecule has 0 saturated heterocycles. The summed E-state index contributed by atoms with van der Waals surface area (Å²) >= 11 is 0. The molecule has 0 saturated carbocycles. The number of nitrogens with one attached hydrogen (secondary N) is 1. The van der Waals surface area contributed by atoms with E-state index in [4.69, 9.17) is 5.11 Å². The van der Waals surface area contributed by atoms with Crippen LogP contribution >= 0.6 is 0 Å². The number of carbonyl (C=O) groups excluding carboxylic acids is 1. The highest BCUT2D eigenvalue weighted by atomic mass is 16.3. The molecule has 1 heterocycles. The number of amides is 1. The van der Waals surface area contributed by atoms with Crippen LogP contribution in [-0.4, -0.2) is 28.6 Å². The van der Waals surface area contributed by atoms with E-state index in [0.29, 0.717) is 11.5 Å². The molecule has 0 spiro atoms. The van der Waals surface area contributed by atoms with Gasteiger partial charge in [-0.25, -0.2) is 0 Å². The summed E-state index contributed by atoms with van der Waals surface area (Å²) in [4.78, 5) is 16.3. The maximum absolute atomic E-state index is 12.0. The Balaban J connectivity index is 1.95. The number of pyridine rings is 1. The highest BCUT2D eigenvalue weighted by Gasteiger charge is 2.20. The van der Waals surface area contributed by atoms with Crippen LogP contribution in [0.5, 0.6) is 0 Å². The Bertz CT molecular complexity index is 466. The van der Waals surface area contributed by atoms with E-state index in [9.17, 15) is 4.79 Å². The molecule has 0 bridgehead atoms. The van der Waals surface area contributed by atoms with Gasteiger partial charge in [-0.2, -0.15) is 0 Å². The van der Waals surface area contributed by atoms with E-state index < -0.39 is 0 Å². The zero-order valence-electron chi connectivity index (χ0n) is 11.3. The van der Waals surface area contributed by atoms with E-state index in [-0.39, 0.29) is 24.5 Å². The summed E-state index contributed by atoms with van der Waals surface area (Å²) < 4.78 is 0. The fourth-order valence-electron chi connectivity index (χ4n) is 2.15. The van der Waals surface area contributed by atoms with Crippen LogP contribution in [0.25, 0.3) is 0 Å². The van der Waals surface area contributed by atoms with Gasteiger partial charge >= 0.3 is 0 Å². The van der Waals surface area contributed by atoms with Gasteiger partial charge in [0, 0.05) is 30.5 Å². The lowest BCUT2D eigenvalue weighted by Crippen LogP contribution is -2.33. The third-order valence-electron chi connectivity index (χ3n) is 3.36. The number of rotatable bonds is 4. The molecule has 19 heavy (non-hydrogen) atoms. The highest BCUT2D eigenvalue weighted by molar-refractivity contribution is 5.94. The first-order valence-electron chi connectivity index (χ1n) is 6.66. The summed E-state index contributed by atoms with van der Waals surface area (Å²) in [6.07, 6.45) is 6.27. The molecular formula is C15H20N2O2. The number of aliphatic hydroxyl groups is 1.